The van der Waals surface area contributed by atoms with Crippen LogP contribution in [0.1, 0.15) is 48.1 Å². The number of hydrogen-bond acceptors (Lipinski definition) is 2. The van der Waals surface area contributed by atoms with Crippen molar-refractivity contribution < 1.29 is 41.0 Å². The Morgan fingerprint density at radius 3 is 2.00 bits per heavy atom. The number of carboxylic acids is 1. The zero-order valence-electron chi connectivity index (χ0n) is 16.4. The molecular formula is C22H20F6O3. The highest BCUT2D eigenvalue weighted by atomic mass is 19.4. The Morgan fingerprint density at radius 2 is 1.55 bits per heavy atom. The molecule has 0 saturated heterocycles. The summed E-state index contributed by atoms with van der Waals surface area (Å²) in [7, 11) is 0. The average molecular weight is 446 g/mol. The van der Waals surface area contributed by atoms with Crippen molar-refractivity contribution in [1.29, 1.82) is 0 Å². The van der Waals surface area contributed by atoms with Crippen molar-refractivity contribution in [3.05, 3.63) is 70.8 Å². The Morgan fingerprint density at radius 1 is 1.03 bits per heavy atom. The van der Waals surface area contributed by atoms with Gasteiger partial charge in [0.25, 0.3) is 0 Å². The van der Waals surface area contributed by atoms with E-state index in [0.29, 0.717) is 12.1 Å². The predicted molar refractivity (Wildman–Crippen MR) is 99.3 cm³/mol. The number of rotatable bonds is 6. The highest BCUT2D eigenvalue weighted by molar-refractivity contribution is 5.72. The number of carbonyl (C=O) groups is 1. The molecule has 1 N–H and O–H groups in total. The number of halogens is 6. The van der Waals surface area contributed by atoms with Crippen molar-refractivity contribution in [3.63, 3.8) is 0 Å². The lowest BCUT2D eigenvalue weighted by Crippen LogP contribution is -2.48. The van der Waals surface area contributed by atoms with E-state index in [2.05, 4.69) is 0 Å². The predicted octanol–water partition coefficient (Wildman–Crippen LogP) is 6.23. The van der Waals surface area contributed by atoms with Crippen molar-refractivity contribution in [2.75, 3.05) is 6.61 Å². The molecule has 1 saturated carbocycles. The molecule has 0 aromatic heterocycles. The second-order valence-corrected chi connectivity index (χ2v) is 7.88. The largest absolute Gasteiger partial charge is 0.481 e. The van der Waals surface area contributed by atoms with Gasteiger partial charge in [0.2, 0.25) is 0 Å². The average Bonchev–Trinajstić information content (AvgIpc) is 2.65. The van der Waals surface area contributed by atoms with Crippen LogP contribution in [-0.2, 0) is 27.3 Å². The molecule has 9 heteroatoms. The lowest BCUT2D eigenvalue weighted by molar-refractivity contribution is -0.149. The molecule has 0 heterocycles. The maximum absolute atomic E-state index is 13.1. The van der Waals surface area contributed by atoms with Gasteiger partial charge in [-0.25, -0.2) is 0 Å². The molecule has 3 nitrogen and oxygen atoms in total. The van der Waals surface area contributed by atoms with Crippen LogP contribution in [0.5, 0.6) is 0 Å². The summed E-state index contributed by atoms with van der Waals surface area (Å²) < 4.78 is 84.4. The third-order valence-corrected chi connectivity index (χ3v) is 5.70. The van der Waals surface area contributed by atoms with Crippen LogP contribution >= 0.6 is 0 Å². The first-order valence-corrected chi connectivity index (χ1v) is 9.51. The van der Waals surface area contributed by atoms with E-state index in [1.54, 1.807) is 30.3 Å². The molecule has 0 amide bonds. The maximum atomic E-state index is 13.1. The van der Waals surface area contributed by atoms with Crippen LogP contribution in [0.3, 0.4) is 0 Å². The topological polar surface area (TPSA) is 46.5 Å². The van der Waals surface area contributed by atoms with Crippen LogP contribution in [0.4, 0.5) is 26.3 Å². The fraction of sp³-hybridized carbons (Fsp3) is 0.409. The first-order chi connectivity index (χ1) is 14.3. The van der Waals surface area contributed by atoms with Crippen LogP contribution in [0.25, 0.3) is 0 Å². The Hall–Kier alpha value is -2.55. The van der Waals surface area contributed by atoms with Gasteiger partial charge in [0.05, 0.1) is 29.8 Å². The van der Waals surface area contributed by atoms with Gasteiger partial charge in [0, 0.05) is 5.41 Å². The number of benzene rings is 2. The number of ether oxygens (including phenoxy) is 1. The summed E-state index contributed by atoms with van der Waals surface area (Å²) in [5.41, 5.74) is -2.90. The van der Waals surface area contributed by atoms with Crippen molar-refractivity contribution >= 4 is 5.97 Å². The Bertz CT molecular complexity index is 898. The van der Waals surface area contributed by atoms with Crippen LogP contribution in [-0.4, -0.2) is 17.7 Å². The van der Waals surface area contributed by atoms with Crippen molar-refractivity contribution in [1.82, 2.24) is 0 Å². The van der Waals surface area contributed by atoms with E-state index < -0.39 is 46.9 Å². The minimum absolute atomic E-state index is 0.0282. The number of aliphatic carboxylic acids is 1. The molecule has 1 fully saturated rings. The fourth-order valence-corrected chi connectivity index (χ4v) is 3.88. The van der Waals surface area contributed by atoms with Crippen LogP contribution in [0.2, 0.25) is 0 Å². The first-order valence-electron chi connectivity index (χ1n) is 9.51. The minimum atomic E-state index is -4.94. The molecule has 0 unspecified atom stereocenters. The molecule has 0 radical (unpaired) electrons. The number of alkyl halides is 6. The van der Waals surface area contributed by atoms with Gasteiger partial charge in [-0.2, -0.15) is 26.3 Å². The standard InChI is InChI=1S/C22H20F6O3/c1-13(14-7-17(21(23,24)25)9-18(8-14)22(26,27)28)31-12-20(10-15(11-20)19(29)30)16-5-3-2-4-6-16/h2-9,13,15H,10-12H2,1H3,(H,29,30)/t13-,15-,20+/m1/s1. The second-order valence-electron chi connectivity index (χ2n) is 7.88. The van der Waals surface area contributed by atoms with Crippen molar-refractivity contribution in [2.24, 2.45) is 5.92 Å². The fourth-order valence-electron chi connectivity index (χ4n) is 3.88. The summed E-state index contributed by atoms with van der Waals surface area (Å²) in [6, 6.07) is 10.3. The van der Waals surface area contributed by atoms with Crippen molar-refractivity contribution in [3.8, 4) is 0 Å². The first kappa shape index (κ1) is 23.1. The second kappa shape index (κ2) is 8.18. The molecule has 0 aliphatic heterocycles. The van der Waals surface area contributed by atoms with Gasteiger partial charge in [-0.3, -0.25) is 4.79 Å². The van der Waals surface area contributed by atoms with Gasteiger partial charge >= 0.3 is 18.3 Å². The smallest absolute Gasteiger partial charge is 0.416 e. The monoisotopic (exact) mass is 446 g/mol. The summed E-state index contributed by atoms with van der Waals surface area (Å²) >= 11 is 0. The molecule has 1 aliphatic carbocycles. The molecule has 3 rings (SSSR count). The zero-order chi connectivity index (χ0) is 23.0. The molecule has 31 heavy (non-hydrogen) atoms. The molecule has 2 aromatic carbocycles. The normalized spacial score (nSPS) is 22.6. The third kappa shape index (κ3) is 5.03. The summed E-state index contributed by atoms with van der Waals surface area (Å²) in [6.07, 6.45) is -10.4. The minimum Gasteiger partial charge on any atom is -0.481 e. The Kier molecular flexibility index (Phi) is 6.10. The Balaban J connectivity index is 1.85. The van der Waals surface area contributed by atoms with E-state index in [4.69, 9.17) is 4.74 Å². The molecule has 1 atom stereocenters. The van der Waals surface area contributed by atoms with Crippen molar-refractivity contribution in [2.45, 2.75) is 43.6 Å². The molecule has 0 spiro atoms. The van der Waals surface area contributed by atoms with E-state index in [0.717, 1.165) is 5.56 Å². The van der Waals surface area contributed by atoms with Gasteiger partial charge in [-0.1, -0.05) is 30.3 Å². The molecular weight excluding hydrogens is 426 g/mol. The summed E-state index contributed by atoms with van der Waals surface area (Å²) in [5, 5.41) is 9.23. The molecule has 2 aromatic rings. The van der Waals surface area contributed by atoms with E-state index in [9.17, 15) is 36.2 Å². The molecule has 168 valence electrons. The number of carboxylic acid groups (broad SMARTS) is 1. The highest BCUT2D eigenvalue weighted by Crippen LogP contribution is 2.49. The van der Waals surface area contributed by atoms with Crippen LogP contribution in [0, 0.1) is 5.92 Å². The number of hydrogen-bond donors (Lipinski definition) is 1. The van der Waals surface area contributed by atoms with Gasteiger partial charge in [-0.05, 0) is 49.1 Å². The molecule has 1 aliphatic rings. The summed E-state index contributed by atoms with van der Waals surface area (Å²) in [6.45, 7) is 1.35. The maximum Gasteiger partial charge on any atom is 0.416 e. The zero-order valence-corrected chi connectivity index (χ0v) is 16.4. The van der Waals surface area contributed by atoms with Gasteiger partial charge in [-0.15, -0.1) is 0 Å². The lowest BCUT2D eigenvalue weighted by atomic mass is 9.59. The summed E-state index contributed by atoms with van der Waals surface area (Å²) in [4.78, 5) is 11.3. The van der Waals surface area contributed by atoms with Gasteiger partial charge in [0.1, 0.15) is 0 Å². The highest BCUT2D eigenvalue weighted by Gasteiger charge is 2.49. The van der Waals surface area contributed by atoms with E-state index >= 15 is 0 Å². The summed E-state index contributed by atoms with van der Waals surface area (Å²) in [5.74, 6) is -1.53. The van der Waals surface area contributed by atoms with E-state index in [1.807, 2.05) is 0 Å². The third-order valence-electron chi connectivity index (χ3n) is 5.70. The Labute approximate surface area is 174 Å². The van der Waals surface area contributed by atoms with Gasteiger partial charge < -0.3 is 9.84 Å². The quantitative estimate of drug-likeness (QED) is 0.535. The molecule has 0 bridgehead atoms. The van der Waals surface area contributed by atoms with Crippen LogP contribution < -0.4 is 0 Å². The SMILES string of the molecule is C[C@@H](OC[C@]1(c2ccccc2)C[C@@H](C(=O)O)C1)c1cc(C(F)(F)F)cc(C(F)(F)F)c1. The van der Waals surface area contributed by atoms with Gasteiger partial charge in [0.15, 0.2) is 0 Å². The lowest BCUT2D eigenvalue weighted by Gasteiger charge is -2.46. The van der Waals surface area contributed by atoms with E-state index in [-0.39, 0.29) is 31.1 Å². The van der Waals surface area contributed by atoms with E-state index in [1.165, 1.54) is 6.92 Å². The van der Waals surface area contributed by atoms with Crippen LogP contribution in [0.15, 0.2) is 48.5 Å².